The summed E-state index contributed by atoms with van der Waals surface area (Å²) < 4.78 is 48.6. The molecule has 0 saturated heterocycles. The van der Waals surface area contributed by atoms with Gasteiger partial charge in [-0.3, -0.25) is 0 Å². The zero-order valence-electron chi connectivity index (χ0n) is 11.6. The van der Waals surface area contributed by atoms with Crippen molar-refractivity contribution >= 4 is 31.5 Å². The van der Waals surface area contributed by atoms with Crippen LogP contribution in [0.1, 0.15) is 13.8 Å². The summed E-state index contributed by atoms with van der Waals surface area (Å²) >= 11 is 5.74. The topological polar surface area (TPSA) is 71.5 Å². The number of benzene rings is 1. The van der Waals surface area contributed by atoms with Crippen LogP contribution >= 0.6 is 11.6 Å². The van der Waals surface area contributed by atoms with Crippen LogP contribution in [-0.4, -0.2) is 45.7 Å². The number of rotatable bonds is 6. The maximum Gasteiger partial charge on any atom is 0.243 e. The maximum absolute atomic E-state index is 12.5. The van der Waals surface area contributed by atoms with Crippen LogP contribution in [0.25, 0.3) is 0 Å². The van der Waals surface area contributed by atoms with Crippen LogP contribution in [0.5, 0.6) is 0 Å². The molecule has 0 spiro atoms. The molecule has 8 heteroatoms. The average Bonchev–Trinajstić information content (AvgIpc) is 2.27. The normalized spacial score (nSPS) is 13.1. The predicted octanol–water partition coefficient (Wildman–Crippen LogP) is 1.78. The van der Waals surface area contributed by atoms with Crippen LogP contribution in [0.3, 0.4) is 0 Å². The van der Waals surface area contributed by atoms with Gasteiger partial charge in [0.25, 0.3) is 0 Å². The van der Waals surface area contributed by atoms with Gasteiger partial charge in [-0.2, -0.15) is 4.31 Å². The standard InChI is InChI=1S/C12H18ClNO4S2/c1-10(2)14(8-9-19(3,15)16)20(17,18)12-6-4-11(13)5-7-12/h4-7,10H,8-9H2,1-3H3. The van der Waals surface area contributed by atoms with Crippen molar-refractivity contribution in [3.63, 3.8) is 0 Å². The molecule has 0 unspecified atom stereocenters. The van der Waals surface area contributed by atoms with Crippen LogP contribution in [-0.2, 0) is 19.9 Å². The summed E-state index contributed by atoms with van der Waals surface area (Å²) in [7, 11) is -6.96. The zero-order valence-corrected chi connectivity index (χ0v) is 14.0. The minimum absolute atomic E-state index is 0.0680. The predicted molar refractivity (Wildman–Crippen MR) is 80.2 cm³/mol. The minimum atomic E-state index is -3.73. The third kappa shape index (κ3) is 4.73. The third-order valence-corrected chi connectivity index (χ3v) is 5.94. The van der Waals surface area contributed by atoms with E-state index in [0.29, 0.717) is 5.02 Å². The lowest BCUT2D eigenvalue weighted by atomic mass is 10.4. The molecule has 1 aromatic carbocycles. The van der Waals surface area contributed by atoms with Gasteiger partial charge in [0, 0.05) is 23.9 Å². The molecule has 0 saturated carbocycles. The Balaban J connectivity index is 3.09. The number of sulfone groups is 1. The fourth-order valence-electron chi connectivity index (χ4n) is 1.65. The lowest BCUT2D eigenvalue weighted by Crippen LogP contribution is -2.40. The molecule has 1 rings (SSSR count). The van der Waals surface area contributed by atoms with E-state index >= 15 is 0 Å². The first-order valence-corrected chi connectivity index (χ1v) is 9.87. The van der Waals surface area contributed by atoms with Crippen molar-refractivity contribution in [1.29, 1.82) is 0 Å². The maximum atomic E-state index is 12.5. The highest BCUT2D eigenvalue weighted by molar-refractivity contribution is 7.91. The van der Waals surface area contributed by atoms with E-state index in [0.717, 1.165) is 6.26 Å². The molecule has 0 heterocycles. The third-order valence-electron chi connectivity index (χ3n) is 2.68. The molecule has 0 aromatic heterocycles. The van der Waals surface area contributed by atoms with Gasteiger partial charge in [-0.15, -0.1) is 0 Å². The van der Waals surface area contributed by atoms with Crippen molar-refractivity contribution in [3.05, 3.63) is 29.3 Å². The fourth-order valence-corrected chi connectivity index (χ4v) is 4.06. The second kappa shape index (κ2) is 6.43. The second-order valence-electron chi connectivity index (χ2n) is 4.79. The summed E-state index contributed by atoms with van der Waals surface area (Å²) in [4.78, 5) is 0.101. The Hall–Kier alpha value is -0.630. The zero-order chi connectivity index (χ0) is 15.6. The number of sulfonamides is 1. The molecule has 0 radical (unpaired) electrons. The minimum Gasteiger partial charge on any atom is -0.229 e. The summed E-state index contributed by atoms with van der Waals surface area (Å²) in [6.07, 6.45) is 1.08. The monoisotopic (exact) mass is 339 g/mol. The molecule has 0 bridgehead atoms. The van der Waals surface area contributed by atoms with E-state index in [1.807, 2.05) is 0 Å². The van der Waals surface area contributed by atoms with Crippen molar-refractivity contribution in [2.24, 2.45) is 0 Å². The van der Waals surface area contributed by atoms with Gasteiger partial charge in [0.2, 0.25) is 10.0 Å². The van der Waals surface area contributed by atoms with E-state index in [9.17, 15) is 16.8 Å². The molecule has 0 aliphatic rings. The van der Waals surface area contributed by atoms with Gasteiger partial charge in [-0.25, -0.2) is 16.8 Å². The lowest BCUT2D eigenvalue weighted by Gasteiger charge is -2.25. The number of hydrogen-bond donors (Lipinski definition) is 0. The Morgan fingerprint density at radius 1 is 1.10 bits per heavy atom. The van der Waals surface area contributed by atoms with E-state index in [1.54, 1.807) is 13.8 Å². The number of nitrogens with zero attached hydrogens (tertiary/aromatic N) is 1. The van der Waals surface area contributed by atoms with E-state index in [2.05, 4.69) is 0 Å². The van der Waals surface area contributed by atoms with Crippen molar-refractivity contribution in [2.45, 2.75) is 24.8 Å². The molecule has 0 atom stereocenters. The smallest absolute Gasteiger partial charge is 0.229 e. The molecule has 0 fully saturated rings. The van der Waals surface area contributed by atoms with Crippen molar-refractivity contribution in [2.75, 3.05) is 18.6 Å². The number of hydrogen-bond acceptors (Lipinski definition) is 4. The first-order chi connectivity index (χ1) is 9.04. The highest BCUT2D eigenvalue weighted by Gasteiger charge is 2.27. The van der Waals surface area contributed by atoms with E-state index in [1.165, 1.54) is 28.6 Å². The molecule has 20 heavy (non-hydrogen) atoms. The molecule has 0 aliphatic carbocycles. The van der Waals surface area contributed by atoms with Gasteiger partial charge in [0.1, 0.15) is 9.84 Å². The number of halogens is 1. The Labute approximate surface area is 125 Å². The Bertz CT molecular complexity index is 651. The Morgan fingerprint density at radius 3 is 2.00 bits per heavy atom. The Kier molecular flexibility index (Phi) is 5.60. The first-order valence-electron chi connectivity index (χ1n) is 5.99. The van der Waals surface area contributed by atoms with Crippen molar-refractivity contribution in [3.8, 4) is 0 Å². The first kappa shape index (κ1) is 17.4. The van der Waals surface area contributed by atoms with Crippen LogP contribution in [0.15, 0.2) is 29.2 Å². The molecule has 0 aliphatic heterocycles. The molecular weight excluding hydrogens is 322 g/mol. The van der Waals surface area contributed by atoms with Gasteiger partial charge in [0.05, 0.1) is 10.6 Å². The van der Waals surface area contributed by atoms with Crippen LogP contribution in [0.2, 0.25) is 5.02 Å². The summed E-state index contributed by atoms with van der Waals surface area (Å²) in [6, 6.07) is 5.46. The van der Waals surface area contributed by atoms with E-state index in [4.69, 9.17) is 11.6 Å². The SMILES string of the molecule is CC(C)N(CCS(C)(=O)=O)S(=O)(=O)c1ccc(Cl)cc1. The fraction of sp³-hybridized carbons (Fsp3) is 0.500. The molecule has 0 amide bonds. The van der Waals surface area contributed by atoms with Crippen LogP contribution < -0.4 is 0 Å². The van der Waals surface area contributed by atoms with Crippen LogP contribution in [0.4, 0.5) is 0 Å². The highest BCUT2D eigenvalue weighted by atomic mass is 35.5. The highest BCUT2D eigenvalue weighted by Crippen LogP contribution is 2.20. The average molecular weight is 340 g/mol. The molecule has 5 nitrogen and oxygen atoms in total. The van der Waals surface area contributed by atoms with Gasteiger partial charge in [-0.05, 0) is 38.1 Å². The largest absolute Gasteiger partial charge is 0.243 e. The molecule has 0 N–H and O–H groups in total. The van der Waals surface area contributed by atoms with Gasteiger partial charge >= 0.3 is 0 Å². The quantitative estimate of drug-likeness (QED) is 0.792. The lowest BCUT2D eigenvalue weighted by molar-refractivity contribution is 0.369. The summed E-state index contributed by atoms with van der Waals surface area (Å²) in [5, 5.41) is 0.441. The second-order valence-corrected chi connectivity index (χ2v) is 9.38. The summed E-state index contributed by atoms with van der Waals surface area (Å²) in [5.74, 6) is -0.210. The molecular formula is C12H18ClNO4S2. The molecule has 1 aromatic rings. The Morgan fingerprint density at radius 2 is 1.60 bits per heavy atom. The van der Waals surface area contributed by atoms with E-state index < -0.39 is 19.9 Å². The van der Waals surface area contributed by atoms with Gasteiger partial charge in [-0.1, -0.05) is 11.6 Å². The van der Waals surface area contributed by atoms with Gasteiger partial charge in [0.15, 0.2) is 0 Å². The van der Waals surface area contributed by atoms with E-state index in [-0.39, 0.29) is 23.2 Å². The molecule has 114 valence electrons. The van der Waals surface area contributed by atoms with Crippen LogP contribution in [0, 0.1) is 0 Å². The van der Waals surface area contributed by atoms with Crippen molar-refractivity contribution in [1.82, 2.24) is 4.31 Å². The summed E-state index contributed by atoms with van der Waals surface area (Å²) in [5.41, 5.74) is 0. The van der Waals surface area contributed by atoms with Crippen molar-refractivity contribution < 1.29 is 16.8 Å². The van der Waals surface area contributed by atoms with Gasteiger partial charge < -0.3 is 0 Å². The summed E-state index contributed by atoms with van der Waals surface area (Å²) in [6.45, 7) is 3.34.